The number of carbonyl (C=O) groups is 2. The maximum Gasteiger partial charge on any atom is 0.306 e. The molecule has 0 spiro atoms. The van der Waals surface area contributed by atoms with Crippen LogP contribution in [0.2, 0.25) is 0 Å². The van der Waals surface area contributed by atoms with Gasteiger partial charge in [0.25, 0.3) is 0 Å². The molecule has 0 aromatic heterocycles. The lowest BCUT2D eigenvalue weighted by molar-refractivity contribution is -0.148. The number of amides is 1. The Morgan fingerprint density at radius 3 is 2.75 bits per heavy atom. The Kier molecular flexibility index (Phi) is 10.8. The molecule has 0 aromatic rings. The highest BCUT2D eigenvalue weighted by atomic mass is 16.5. The number of likely N-dealkylation sites (tertiary alicyclic amines) is 1. The van der Waals surface area contributed by atoms with Gasteiger partial charge in [-0.15, -0.1) is 0 Å². The van der Waals surface area contributed by atoms with Gasteiger partial charge in [0, 0.05) is 45.6 Å². The van der Waals surface area contributed by atoms with Crippen LogP contribution >= 0.6 is 0 Å². The lowest BCUT2D eigenvalue weighted by Gasteiger charge is -2.20. The molecule has 0 unspecified atom stereocenters. The molecule has 1 saturated heterocycles. The zero-order valence-electron chi connectivity index (χ0n) is 17.5. The van der Waals surface area contributed by atoms with Crippen LogP contribution in [-0.4, -0.2) is 61.6 Å². The lowest BCUT2D eigenvalue weighted by Crippen LogP contribution is -2.38. The molecule has 7 nitrogen and oxygen atoms in total. The van der Waals surface area contributed by atoms with Crippen molar-refractivity contribution in [2.24, 2.45) is 4.99 Å². The smallest absolute Gasteiger partial charge is 0.306 e. The van der Waals surface area contributed by atoms with Gasteiger partial charge in [-0.1, -0.05) is 6.42 Å². The van der Waals surface area contributed by atoms with Crippen LogP contribution in [0.5, 0.6) is 0 Å². The molecule has 2 rings (SSSR count). The van der Waals surface area contributed by atoms with E-state index < -0.39 is 0 Å². The summed E-state index contributed by atoms with van der Waals surface area (Å²) in [6.45, 7) is 5.87. The van der Waals surface area contributed by atoms with Crippen LogP contribution in [0.15, 0.2) is 4.99 Å². The van der Waals surface area contributed by atoms with Crippen LogP contribution in [-0.2, 0) is 14.3 Å². The molecule has 0 atom stereocenters. The maximum atomic E-state index is 12.0. The average molecular weight is 395 g/mol. The summed E-state index contributed by atoms with van der Waals surface area (Å²) in [5, 5.41) is 6.51. The molecule has 1 aliphatic heterocycles. The molecular weight excluding hydrogens is 356 g/mol. The summed E-state index contributed by atoms with van der Waals surface area (Å²) in [6.07, 6.45) is 10.6. The van der Waals surface area contributed by atoms with Crippen molar-refractivity contribution in [3.05, 3.63) is 0 Å². The largest absolute Gasteiger partial charge is 0.462 e. The van der Waals surface area contributed by atoms with E-state index in [2.05, 4.69) is 15.6 Å². The van der Waals surface area contributed by atoms with Gasteiger partial charge in [0.1, 0.15) is 6.10 Å². The quantitative estimate of drug-likeness (QED) is 0.258. The van der Waals surface area contributed by atoms with Gasteiger partial charge in [0.2, 0.25) is 5.91 Å². The molecule has 2 aliphatic rings. The highest BCUT2D eigenvalue weighted by Gasteiger charge is 2.19. The number of esters is 1. The Balaban J connectivity index is 1.60. The molecule has 2 N–H and O–H groups in total. The van der Waals surface area contributed by atoms with Crippen LogP contribution in [0, 0.1) is 0 Å². The Hall–Kier alpha value is -1.79. The Morgan fingerprint density at radius 1 is 1.14 bits per heavy atom. The fourth-order valence-corrected chi connectivity index (χ4v) is 3.76. The summed E-state index contributed by atoms with van der Waals surface area (Å²) in [5.41, 5.74) is 0. The van der Waals surface area contributed by atoms with Crippen molar-refractivity contribution in [1.82, 2.24) is 15.5 Å². The minimum atomic E-state index is -0.0854. The first kappa shape index (κ1) is 22.5. The van der Waals surface area contributed by atoms with E-state index in [0.29, 0.717) is 25.9 Å². The van der Waals surface area contributed by atoms with Gasteiger partial charge in [-0.05, 0) is 58.3 Å². The zero-order chi connectivity index (χ0) is 20.0. The summed E-state index contributed by atoms with van der Waals surface area (Å²) in [4.78, 5) is 30.4. The summed E-state index contributed by atoms with van der Waals surface area (Å²) < 4.78 is 5.48. The highest BCUT2D eigenvalue weighted by molar-refractivity contribution is 5.79. The SMILES string of the molecule is CCNC(=NCCCN1CCCCCC1=O)NCCCC(=O)OC1CCCC1. The van der Waals surface area contributed by atoms with E-state index in [1.165, 1.54) is 12.8 Å². The van der Waals surface area contributed by atoms with Crippen LogP contribution in [0.4, 0.5) is 0 Å². The number of nitrogens with zero attached hydrogens (tertiary/aromatic N) is 2. The first-order chi connectivity index (χ1) is 13.7. The second-order valence-electron chi connectivity index (χ2n) is 7.73. The fourth-order valence-electron chi connectivity index (χ4n) is 3.76. The first-order valence-corrected chi connectivity index (χ1v) is 11.2. The van der Waals surface area contributed by atoms with Crippen molar-refractivity contribution in [3.63, 3.8) is 0 Å². The van der Waals surface area contributed by atoms with Gasteiger partial charge in [-0.25, -0.2) is 0 Å². The fraction of sp³-hybridized carbons (Fsp3) is 0.857. The van der Waals surface area contributed by atoms with Crippen molar-refractivity contribution < 1.29 is 14.3 Å². The van der Waals surface area contributed by atoms with Crippen molar-refractivity contribution in [1.29, 1.82) is 0 Å². The molecule has 28 heavy (non-hydrogen) atoms. The molecular formula is C21H38N4O3. The number of guanidine groups is 1. The molecule has 1 amide bonds. The number of nitrogens with one attached hydrogen (secondary N) is 2. The van der Waals surface area contributed by atoms with Crippen molar-refractivity contribution >= 4 is 17.8 Å². The Labute approximate surface area is 169 Å². The molecule has 1 heterocycles. The third-order valence-electron chi connectivity index (χ3n) is 5.32. The van der Waals surface area contributed by atoms with Crippen LogP contribution in [0.3, 0.4) is 0 Å². The monoisotopic (exact) mass is 394 g/mol. The molecule has 2 fully saturated rings. The van der Waals surface area contributed by atoms with Crippen LogP contribution in [0.1, 0.15) is 77.6 Å². The average Bonchev–Trinajstić information content (AvgIpc) is 3.10. The number of hydrogen-bond donors (Lipinski definition) is 2. The van der Waals surface area contributed by atoms with Gasteiger partial charge in [-0.3, -0.25) is 14.6 Å². The van der Waals surface area contributed by atoms with Crippen LogP contribution < -0.4 is 10.6 Å². The number of carbonyl (C=O) groups excluding carboxylic acids is 2. The zero-order valence-corrected chi connectivity index (χ0v) is 17.5. The van der Waals surface area contributed by atoms with Gasteiger partial charge < -0.3 is 20.3 Å². The summed E-state index contributed by atoms with van der Waals surface area (Å²) in [7, 11) is 0. The van der Waals surface area contributed by atoms with E-state index in [4.69, 9.17) is 4.74 Å². The van der Waals surface area contributed by atoms with E-state index in [1.807, 2.05) is 11.8 Å². The minimum absolute atomic E-state index is 0.0854. The number of aliphatic imine (C=N–C) groups is 1. The molecule has 1 saturated carbocycles. The van der Waals surface area contributed by atoms with Gasteiger partial charge in [0.15, 0.2) is 5.96 Å². The van der Waals surface area contributed by atoms with Crippen molar-refractivity contribution in [2.75, 3.05) is 32.7 Å². The molecule has 1 aliphatic carbocycles. The van der Waals surface area contributed by atoms with E-state index in [-0.39, 0.29) is 18.0 Å². The second kappa shape index (κ2) is 13.4. The second-order valence-corrected chi connectivity index (χ2v) is 7.73. The van der Waals surface area contributed by atoms with Crippen molar-refractivity contribution in [2.45, 2.75) is 83.7 Å². The third-order valence-corrected chi connectivity index (χ3v) is 5.32. The van der Waals surface area contributed by atoms with E-state index in [0.717, 1.165) is 70.5 Å². The Morgan fingerprint density at radius 2 is 1.96 bits per heavy atom. The molecule has 160 valence electrons. The first-order valence-electron chi connectivity index (χ1n) is 11.2. The number of ether oxygens (including phenoxy) is 1. The molecule has 0 bridgehead atoms. The summed E-state index contributed by atoms with van der Waals surface area (Å²) in [6, 6.07) is 0. The van der Waals surface area contributed by atoms with Crippen LogP contribution in [0.25, 0.3) is 0 Å². The maximum absolute atomic E-state index is 12.0. The van der Waals surface area contributed by atoms with Gasteiger partial charge in [0.05, 0.1) is 0 Å². The van der Waals surface area contributed by atoms with E-state index in [1.54, 1.807) is 0 Å². The predicted molar refractivity (Wildman–Crippen MR) is 111 cm³/mol. The predicted octanol–water partition coefficient (Wildman–Crippen LogP) is 2.60. The summed E-state index contributed by atoms with van der Waals surface area (Å²) >= 11 is 0. The molecule has 0 aromatic carbocycles. The van der Waals surface area contributed by atoms with Crippen molar-refractivity contribution in [3.8, 4) is 0 Å². The highest BCUT2D eigenvalue weighted by Crippen LogP contribution is 2.21. The normalized spacial score (nSPS) is 18.8. The van der Waals surface area contributed by atoms with Gasteiger partial charge >= 0.3 is 5.97 Å². The standard InChI is InChI=1S/C21H38N4O3/c1-2-22-21(23-14-8-13-20(27)28-18-10-5-6-11-18)24-15-9-17-25-16-7-3-4-12-19(25)26/h18H,2-17H2,1H3,(H2,22,23,24). The number of hydrogen-bond acceptors (Lipinski definition) is 4. The number of rotatable bonds is 10. The summed E-state index contributed by atoms with van der Waals surface area (Å²) in [5.74, 6) is 0.975. The van der Waals surface area contributed by atoms with Gasteiger partial charge in [-0.2, -0.15) is 0 Å². The minimum Gasteiger partial charge on any atom is -0.462 e. The van der Waals surface area contributed by atoms with E-state index in [9.17, 15) is 9.59 Å². The molecule has 0 radical (unpaired) electrons. The Bertz CT molecular complexity index is 504. The third kappa shape index (κ3) is 8.93. The van der Waals surface area contributed by atoms with E-state index >= 15 is 0 Å². The lowest BCUT2D eigenvalue weighted by atomic mass is 10.2. The molecule has 7 heteroatoms. The topological polar surface area (TPSA) is 83.0 Å².